The molecule has 0 aliphatic carbocycles. The van der Waals surface area contributed by atoms with E-state index in [-0.39, 0.29) is 19.1 Å². The third-order valence-corrected chi connectivity index (χ3v) is 3.23. The number of hydrogen-bond acceptors (Lipinski definition) is 4. The first-order chi connectivity index (χ1) is 11.1. The number of hydrogen-bond donors (Lipinski definition) is 1. The van der Waals surface area contributed by atoms with E-state index in [4.69, 9.17) is 14.3 Å². The number of para-hydroxylation sites is 1. The molecule has 0 fully saturated rings. The van der Waals surface area contributed by atoms with Gasteiger partial charge in [0.25, 0.3) is 5.91 Å². The van der Waals surface area contributed by atoms with Gasteiger partial charge in [0.05, 0.1) is 0 Å². The summed E-state index contributed by atoms with van der Waals surface area (Å²) in [6.45, 7) is 4.53. The van der Waals surface area contributed by atoms with Gasteiger partial charge in [-0.05, 0) is 49.2 Å². The number of carbonyl (C=O) groups is 1. The molecular weight excluding hydrogens is 294 g/mol. The molecular formula is C18H21NO4. The van der Waals surface area contributed by atoms with Gasteiger partial charge in [-0.1, -0.05) is 24.3 Å². The minimum atomic E-state index is -0.345. The Bertz CT molecular complexity index is 628. The molecule has 0 radical (unpaired) electrons. The Morgan fingerprint density at radius 1 is 0.913 bits per heavy atom. The van der Waals surface area contributed by atoms with Crippen LogP contribution in [0.1, 0.15) is 11.1 Å². The summed E-state index contributed by atoms with van der Waals surface area (Å²) in [5, 5.41) is 0. The molecule has 0 saturated heterocycles. The van der Waals surface area contributed by atoms with Crippen molar-refractivity contribution in [3.05, 3.63) is 59.7 Å². The Balaban J connectivity index is 1.59. The van der Waals surface area contributed by atoms with Crippen LogP contribution in [0, 0.1) is 13.8 Å². The highest BCUT2D eigenvalue weighted by Gasteiger charge is 2.04. The molecule has 0 unspecified atom stereocenters. The van der Waals surface area contributed by atoms with Gasteiger partial charge in [-0.2, -0.15) is 0 Å². The van der Waals surface area contributed by atoms with Crippen LogP contribution >= 0.6 is 0 Å². The molecule has 0 aliphatic heterocycles. The van der Waals surface area contributed by atoms with Crippen molar-refractivity contribution in [1.29, 1.82) is 0 Å². The van der Waals surface area contributed by atoms with E-state index in [0.717, 1.165) is 11.3 Å². The molecule has 0 spiro atoms. The standard InChI is InChI=1S/C18H21NO4/c1-14-8-9-17(12-15(14)2)22-13-18(20)19-23-11-10-21-16-6-4-3-5-7-16/h3-9,12H,10-11,13H2,1-2H3,(H,19,20). The Morgan fingerprint density at radius 3 is 2.43 bits per heavy atom. The molecule has 5 heteroatoms. The van der Waals surface area contributed by atoms with E-state index >= 15 is 0 Å². The number of aryl methyl sites for hydroxylation is 2. The highest BCUT2D eigenvalue weighted by Crippen LogP contribution is 2.16. The second-order valence-electron chi connectivity index (χ2n) is 5.07. The SMILES string of the molecule is Cc1ccc(OCC(=O)NOCCOc2ccccc2)cc1C. The van der Waals surface area contributed by atoms with Crippen molar-refractivity contribution < 1.29 is 19.1 Å². The van der Waals surface area contributed by atoms with E-state index < -0.39 is 0 Å². The zero-order valence-corrected chi connectivity index (χ0v) is 13.4. The Kier molecular flexibility index (Phi) is 6.44. The average Bonchev–Trinajstić information content (AvgIpc) is 2.56. The first kappa shape index (κ1) is 16.8. The summed E-state index contributed by atoms with van der Waals surface area (Å²) in [4.78, 5) is 16.6. The molecule has 122 valence electrons. The van der Waals surface area contributed by atoms with Gasteiger partial charge in [0.2, 0.25) is 0 Å². The topological polar surface area (TPSA) is 56.8 Å². The van der Waals surface area contributed by atoms with Gasteiger partial charge < -0.3 is 9.47 Å². The fourth-order valence-corrected chi connectivity index (χ4v) is 1.83. The number of rotatable bonds is 8. The van der Waals surface area contributed by atoms with Crippen LogP contribution < -0.4 is 15.0 Å². The fraction of sp³-hybridized carbons (Fsp3) is 0.278. The maximum Gasteiger partial charge on any atom is 0.281 e. The minimum Gasteiger partial charge on any atom is -0.491 e. The van der Waals surface area contributed by atoms with E-state index in [0.29, 0.717) is 12.4 Å². The zero-order chi connectivity index (χ0) is 16.5. The zero-order valence-electron chi connectivity index (χ0n) is 13.4. The van der Waals surface area contributed by atoms with Gasteiger partial charge in [0.15, 0.2) is 6.61 Å². The highest BCUT2D eigenvalue weighted by molar-refractivity contribution is 5.76. The molecule has 1 amide bonds. The summed E-state index contributed by atoms with van der Waals surface area (Å²) in [6.07, 6.45) is 0. The van der Waals surface area contributed by atoms with E-state index in [1.807, 2.05) is 62.4 Å². The number of carbonyl (C=O) groups excluding carboxylic acids is 1. The lowest BCUT2D eigenvalue weighted by atomic mass is 10.1. The van der Waals surface area contributed by atoms with E-state index in [1.54, 1.807) is 0 Å². The van der Waals surface area contributed by atoms with Crippen LogP contribution in [0.25, 0.3) is 0 Å². The maximum absolute atomic E-state index is 11.6. The Labute approximate surface area is 136 Å². The summed E-state index contributed by atoms with van der Waals surface area (Å²) in [5.74, 6) is 1.08. The number of ether oxygens (including phenoxy) is 2. The lowest BCUT2D eigenvalue weighted by Gasteiger charge is -2.09. The van der Waals surface area contributed by atoms with Gasteiger partial charge >= 0.3 is 0 Å². The normalized spacial score (nSPS) is 10.2. The molecule has 1 N–H and O–H groups in total. The summed E-state index contributed by atoms with van der Waals surface area (Å²) in [5.41, 5.74) is 4.63. The van der Waals surface area contributed by atoms with Gasteiger partial charge in [-0.15, -0.1) is 0 Å². The van der Waals surface area contributed by atoms with E-state index in [2.05, 4.69) is 5.48 Å². The largest absolute Gasteiger partial charge is 0.491 e. The van der Waals surface area contributed by atoms with Crippen LogP contribution in [-0.4, -0.2) is 25.7 Å². The predicted molar refractivity (Wildman–Crippen MR) is 87.4 cm³/mol. The molecule has 5 nitrogen and oxygen atoms in total. The van der Waals surface area contributed by atoms with E-state index in [9.17, 15) is 4.79 Å². The summed E-state index contributed by atoms with van der Waals surface area (Å²) >= 11 is 0. The summed E-state index contributed by atoms with van der Waals surface area (Å²) in [7, 11) is 0. The molecule has 2 aromatic carbocycles. The van der Waals surface area contributed by atoms with E-state index in [1.165, 1.54) is 5.56 Å². The van der Waals surface area contributed by atoms with Crippen molar-refractivity contribution in [2.24, 2.45) is 0 Å². The quantitative estimate of drug-likeness (QED) is 0.601. The summed E-state index contributed by atoms with van der Waals surface area (Å²) in [6, 6.07) is 15.1. The van der Waals surface area contributed by atoms with Crippen LogP contribution in [0.2, 0.25) is 0 Å². The van der Waals surface area contributed by atoms with Crippen molar-refractivity contribution in [3.8, 4) is 11.5 Å². The van der Waals surface area contributed by atoms with Crippen LogP contribution in [0.5, 0.6) is 11.5 Å². The maximum atomic E-state index is 11.6. The monoisotopic (exact) mass is 315 g/mol. The van der Waals surface area contributed by atoms with Crippen LogP contribution in [0.3, 0.4) is 0 Å². The number of hydroxylamine groups is 1. The van der Waals surface area contributed by atoms with Gasteiger partial charge in [-0.25, -0.2) is 5.48 Å². The van der Waals surface area contributed by atoms with Crippen LogP contribution in [0.15, 0.2) is 48.5 Å². The Morgan fingerprint density at radius 2 is 1.70 bits per heavy atom. The van der Waals surface area contributed by atoms with Crippen LogP contribution in [0.4, 0.5) is 0 Å². The second-order valence-corrected chi connectivity index (χ2v) is 5.07. The molecule has 0 aliphatic rings. The molecule has 0 atom stereocenters. The lowest BCUT2D eigenvalue weighted by molar-refractivity contribution is -0.136. The molecule has 2 rings (SSSR count). The number of nitrogens with one attached hydrogen (secondary N) is 1. The molecule has 0 saturated carbocycles. The fourth-order valence-electron chi connectivity index (χ4n) is 1.83. The molecule has 0 aromatic heterocycles. The molecule has 2 aromatic rings. The van der Waals surface area contributed by atoms with Crippen molar-refractivity contribution in [2.45, 2.75) is 13.8 Å². The lowest BCUT2D eigenvalue weighted by Crippen LogP contribution is -2.30. The highest BCUT2D eigenvalue weighted by atomic mass is 16.7. The van der Waals surface area contributed by atoms with Gasteiger partial charge in [0, 0.05) is 0 Å². The van der Waals surface area contributed by atoms with Gasteiger partial charge in [-0.3, -0.25) is 9.63 Å². The third-order valence-electron chi connectivity index (χ3n) is 3.23. The molecule has 23 heavy (non-hydrogen) atoms. The number of amides is 1. The number of benzene rings is 2. The van der Waals surface area contributed by atoms with Crippen LogP contribution in [-0.2, 0) is 9.63 Å². The Hall–Kier alpha value is -2.53. The molecule has 0 bridgehead atoms. The first-order valence-electron chi connectivity index (χ1n) is 7.43. The van der Waals surface area contributed by atoms with Crippen molar-refractivity contribution in [1.82, 2.24) is 5.48 Å². The smallest absolute Gasteiger partial charge is 0.281 e. The average molecular weight is 315 g/mol. The minimum absolute atomic E-state index is 0.0952. The van der Waals surface area contributed by atoms with Crippen molar-refractivity contribution in [3.63, 3.8) is 0 Å². The third kappa shape index (κ3) is 6.00. The van der Waals surface area contributed by atoms with Crippen molar-refractivity contribution in [2.75, 3.05) is 19.8 Å². The first-order valence-corrected chi connectivity index (χ1v) is 7.43. The predicted octanol–water partition coefficient (Wildman–Crippen LogP) is 2.81. The molecule has 0 heterocycles. The van der Waals surface area contributed by atoms with Gasteiger partial charge in [0.1, 0.15) is 24.7 Å². The second kappa shape index (κ2) is 8.80. The summed E-state index contributed by atoms with van der Waals surface area (Å²) < 4.78 is 10.8. The van der Waals surface area contributed by atoms with Crippen molar-refractivity contribution >= 4 is 5.91 Å².